The van der Waals surface area contributed by atoms with Crippen LogP contribution in [0, 0.1) is 5.92 Å². The summed E-state index contributed by atoms with van der Waals surface area (Å²) >= 11 is 0. The summed E-state index contributed by atoms with van der Waals surface area (Å²) in [5, 5.41) is 6.75. The molecule has 1 aromatic rings. The van der Waals surface area contributed by atoms with Crippen molar-refractivity contribution in [2.24, 2.45) is 10.9 Å². The van der Waals surface area contributed by atoms with E-state index in [0.717, 1.165) is 24.0 Å². The van der Waals surface area contributed by atoms with Crippen molar-refractivity contribution in [2.75, 3.05) is 27.7 Å². The van der Waals surface area contributed by atoms with E-state index in [4.69, 9.17) is 0 Å². The highest BCUT2D eigenvalue weighted by molar-refractivity contribution is 14.0. The molecule has 0 unspecified atom stereocenters. The zero-order valence-corrected chi connectivity index (χ0v) is 18.6. The van der Waals surface area contributed by atoms with Crippen molar-refractivity contribution in [1.29, 1.82) is 0 Å². The van der Waals surface area contributed by atoms with Crippen LogP contribution in [-0.2, 0) is 6.54 Å². The molecule has 1 aliphatic rings. The fraction of sp³-hybridized carbons (Fsp3) is 0.600. The zero-order valence-electron chi connectivity index (χ0n) is 16.3. The van der Waals surface area contributed by atoms with Crippen molar-refractivity contribution in [1.82, 2.24) is 15.5 Å². The molecule has 1 fully saturated rings. The second-order valence-electron chi connectivity index (χ2n) is 7.04. The SMILES string of the molecule is CN=C(NCCC1CCCCC1)NCc1ccc(C(=O)N(C)C)cc1.I. The Morgan fingerprint density at radius 3 is 2.35 bits per heavy atom. The van der Waals surface area contributed by atoms with Crippen molar-refractivity contribution >= 4 is 35.8 Å². The molecule has 0 saturated heterocycles. The van der Waals surface area contributed by atoms with Crippen LogP contribution in [0.3, 0.4) is 0 Å². The van der Waals surface area contributed by atoms with Gasteiger partial charge in [-0.15, -0.1) is 24.0 Å². The fourth-order valence-corrected chi connectivity index (χ4v) is 3.30. The van der Waals surface area contributed by atoms with Gasteiger partial charge in [0.05, 0.1) is 0 Å². The maximum Gasteiger partial charge on any atom is 0.253 e. The van der Waals surface area contributed by atoms with Gasteiger partial charge in [0.15, 0.2) is 5.96 Å². The number of halogens is 1. The van der Waals surface area contributed by atoms with Crippen LogP contribution in [0.4, 0.5) is 0 Å². The highest BCUT2D eigenvalue weighted by Crippen LogP contribution is 2.25. The number of aliphatic imine (C=N–C) groups is 1. The first-order valence-electron chi connectivity index (χ1n) is 9.35. The molecule has 1 aliphatic carbocycles. The number of amides is 1. The molecule has 0 atom stereocenters. The third-order valence-electron chi connectivity index (χ3n) is 4.86. The molecule has 2 N–H and O–H groups in total. The molecule has 1 aromatic carbocycles. The van der Waals surface area contributed by atoms with Gasteiger partial charge in [-0.25, -0.2) is 0 Å². The number of carbonyl (C=O) groups excluding carboxylic acids is 1. The quantitative estimate of drug-likeness (QED) is 0.378. The molecule has 0 aliphatic heterocycles. The van der Waals surface area contributed by atoms with Crippen molar-refractivity contribution in [3.05, 3.63) is 35.4 Å². The highest BCUT2D eigenvalue weighted by Gasteiger charge is 2.13. The Balaban J connectivity index is 0.00000338. The van der Waals surface area contributed by atoms with Gasteiger partial charge in [0, 0.05) is 39.8 Å². The van der Waals surface area contributed by atoms with Gasteiger partial charge in [-0.1, -0.05) is 44.2 Å². The van der Waals surface area contributed by atoms with Gasteiger partial charge in [0.25, 0.3) is 5.91 Å². The molecule has 5 nitrogen and oxygen atoms in total. The molecule has 0 bridgehead atoms. The molecule has 0 aromatic heterocycles. The summed E-state index contributed by atoms with van der Waals surface area (Å²) < 4.78 is 0. The number of rotatable bonds is 6. The summed E-state index contributed by atoms with van der Waals surface area (Å²) in [6.45, 7) is 1.67. The Labute approximate surface area is 175 Å². The summed E-state index contributed by atoms with van der Waals surface area (Å²) in [6.07, 6.45) is 8.18. The molecule has 1 amide bonds. The molecular weight excluding hydrogens is 439 g/mol. The number of hydrogen-bond acceptors (Lipinski definition) is 2. The van der Waals surface area contributed by atoms with Gasteiger partial charge < -0.3 is 15.5 Å². The topological polar surface area (TPSA) is 56.7 Å². The summed E-state index contributed by atoms with van der Waals surface area (Å²) in [4.78, 5) is 17.8. The minimum atomic E-state index is 0. The summed E-state index contributed by atoms with van der Waals surface area (Å²) in [5.41, 5.74) is 1.84. The van der Waals surface area contributed by atoms with Crippen LogP contribution in [0.5, 0.6) is 0 Å². The van der Waals surface area contributed by atoms with E-state index in [1.165, 1.54) is 38.5 Å². The molecule has 0 heterocycles. The second kappa shape index (κ2) is 12.1. The minimum absolute atomic E-state index is 0. The molecular formula is C20H33IN4O. The standard InChI is InChI=1S/C20H32N4O.HI/c1-21-20(22-14-13-16-7-5-4-6-8-16)23-15-17-9-11-18(12-10-17)19(25)24(2)3;/h9-12,16H,4-8,13-15H2,1-3H3,(H2,21,22,23);1H. The smallest absolute Gasteiger partial charge is 0.253 e. The predicted octanol–water partition coefficient (Wildman–Crippen LogP) is 3.64. The van der Waals surface area contributed by atoms with E-state index in [1.54, 1.807) is 26.0 Å². The Morgan fingerprint density at radius 2 is 1.77 bits per heavy atom. The van der Waals surface area contributed by atoms with Gasteiger partial charge in [-0.3, -0.25) is 9.79 Å². The van der Waals surface area contributed by atoms with E-state index < -0.39 is 0 Å². The number of nitrogens with zero attached hydrogens (tertiary/aromatic N) is 2. The third-order valence-corrected chi connectivity index (χ3v) is 4.86. The van der Waals surface area contributed by atoms with Gasteiger partial charge >= 0.3 is 0 Å². The van der Waals surface area contributed by atoms with E-state index >= 15 is 0 Å². The number of benzene rings is 1. The molecule has 146 valence electrons. The van der Waals surface area contributed by atoms with E-state index in [0.29, 0.717) is 12.1 Å². The Morgan fingerprint density at radius 1 is 1.12 bits per heavy atom. The molecule has 26 heavy (non-hydrogen) atoms. The van der Waals surface area contributed by atoms with Gasteiger partial charge in [-0.2, -0.15) is 0 Å². The average Bonchev–Trinajstić information content (AvgIpc) is 2.65. The summed E-state index contributed by atoms with van der Waals surface area (Å²) in [5.74, 6) is 1.74. The van der Waals surface area contributed by atoms with Crippen LogP contribution in [0.2, 0.25) is 0 Å². The number of hydrogen-bond donors (Lipinski definition) is 2. The Hall–Kier alpha value is -1.31. The lowest BCUT2D eigenvalue weighted by Crippen LogP contribution is -2.37. The van der Waals surface area contributed by atoms with Crippen LogP contribution in [0.15, 0.2) is 29.3 Å². The van der Waals surface area contributed by atoms with Crippen LogP contribution < -0.4 is 10.6 Å². The van der Waals surface area contributed by atoms with Gasteiger partial charge in [0.1, 0.15) is 0 Å². The first-order valence-corrected chi connectivity index (χ1v) is 9.35. The van der Waals surface area contributed by atoms with E-state index in [-0.39, 0.29) is 29.9 Å². The second-order valence-corrected chi connectivity index (χ2v) is 7.04. The van der Waals surface area contributed by atoms with Crippen LogP contribution in [0.25, 0.3) is 0 Å². The molecule has 0 radical (unpaired) electrons. The molecule has 0 spiro atoms. The average molecular weight is 472 g/mol. The highest BCUT2D eigenvalue weighted by atomic mass is 127. The van der Waals surface area contributed by atoms with E-state index in [9.17, 15) is 4.79 Å². The first-order chi connectivity index (χ1) is 12.1. The predicted molar refractivity (Wildman–Crippen MR) is 119 cm³/mol. The van der Waals surface area contributed by atoms with Gasteiger partial charge in [-0.05, 0) is 30.0 Å². The van der Waals surface area contributed by atoms with E-state index in [1.807, 2.05) is 24.3 Å². The lowest BCUT2D eigenvalue weighted by Gasteiger charge is -2.22. The zero-order chi connectivity index (χ0) is 18.1. The monoisotopic (exact) mass is 472 g/mol. The Bertz CT molecular complexity index is 566. The fourth-order valence-electron chi connectivity index (χ4n) is 3.30. The van der Waals surface area contributed by atoms with Crippen molar-refractivity contribution < 1.29 is 4.79 Å². The number of carbonyl (C=O) groups is 1. The van der Waals surface area contributed by atoms with Gasteiger partial charge in [0.2, 0.25) is 0 Å². The van der Waals surface area contributed by atoms with Crippen LogP contribution in [0.1, 0.15) is 54.4 Å². The maximum absolute atomic E-state index is 11.9. The molecule has 1 saturated carbocycles. The number of guanidine groups is 1. The third kappa shape index (κ3) is 7.51. The largest absolute Gasteiger partial charge is 0.356 e. The lowest BCUT2D eigenvalue weighted by molar-refractivity contribution is 0.0827. The van der Waals surface area contributed by atoms with Crippen LogP contribution >= 0.6 is 24.0 Å². The van der Waals surface area contributed by atoms with Crippen LogP contribution in [-0.4, -0.2) is 44.5 Å². The number of nitrogens with one attached hydrogen (secondary N) is 2. The molecule has 6 heteroatoms. The summed E-state index contributed by atoms with van der Waals surface area (Å²) in [6, 6.07) is 7.72. The van der Waals surface area contributed by atoms with Crippen molar-refractivity contribution in [3.63, 3.8) is 0 Å². The maximum atomic E-state index is 11.9. The summed E-state index contributed by atoms with van der Waals surface area (Å²) in [7, 11) is 5.33. The first kappa shape index (κ1) is 22.7. The molecule has 2 rings (SSSR count). The normalized spacial score (nSPS) is 15.1. The van der Waals surface area contributed by atoms with E-state index in [2.05, 4.69) is 15.6 Å². The Kier molecular flexibility index (Phi) is 10.6. The minimum Gasteiger partial charge on any atom is -0.356 e. The van der Waals surface area contributed by atoms with Crippen molar-refractivity contribution in [2.45, 2.75) is 45.1 Å². The lowest BCUT2D eigenvalue weighted by atomic mass is 9.87. The van der Waals surface area contributed by atoms with Crippen molar-refractivity contribution in [3.8, 4) is 0 Å².